The Labute approximate surface area is 49.5 Å². The molecule has 3 heteroatoms. The topological polar surface area (TPSA) is 27.7 Å². The van der Waals surface area contributed by atoms with E-state index < -0.39 is 0 Å². The van der Waals surface area contributed by atoms with Crippen molar-refractivity contribution in [1.82, 2.24) is 0 Å². The van der Waals surface area contributed by atoms with Crippen LogP contribution in [0.3, 0.4) is 0 Å². The molecule has 1 radical (unpaired) electrons. The SMILES string of the molecule is CCO[C](OC)OC. The van der Waals surface area contributed by atoms with Gasteiger partial charge < -0.3 is 14.2 Å². The second-order valence-electron chi connectivity index (χ2n) is 1.09. The molecule has 8 heavy (non-hydrogen) atoms. The van der Waals surface area contributed by atoms with Crippen LogP contribution < -0.4 is 0 Å². The van der Waals surface area contributed by atoms with E-state index in [0.29, 0.717) is 6.61 Å². The van der Waals surface area contributed by atoms with Crippen LogP contribution in [0.4, 0.5) is 0 Å². The molecule has 0 aliphatic carbocycles. The molecule has 0 aliphatic heterocycles. The Hall–Kier alpha value is -0.120. The molecule has 0 amide bonds. The zero-order chi connectivity index (χ0) is 6.41. The van der Waals surface area contributed by atoms with Gasteiger partial charge in [-0.3, -0.25) is 0 Å². The summed E-state index contributed by atoms with van der Waals surface area (Å²) in [5, 5.41) is 0. The van der Waals surface area contributed by atoms with Crippen molar-refractivity contribution in [3.8, 4) is 0 Å². The van der Waals surface area contributed by atoms with Gasteiger partial charge in [0.1, 0.15) is 0 Å². The highest BCUT2D eigenvalue weighted by atomic mass is 16.8. The van der Waals surface area contributed by atoms with E-state index in [4.69, 9.17) is 4.74 Å². The lowest BCUT2D eigenvalue weighted by Crippen LogP contribution is -2.06. The third-order valence-corrected chi connectivity index (χ3v) is 0.596. The smallest absolute Gasteiger partial charge is 0.324 e. The number of methoxy groups -OCH3 is 2. The summed E-state index contributed by atoms with van der Waals surface area (Å²) < 4.78 is 14.0. The third-order valence-electron chi connectivity index (χ3n) is 0.596. The fraction of sp³-hybridized carbons (Fsp3) is 0.800. The van der Waals surface area contributed by atoms with E-state index in [2.05, 4.69) is 9.47 Å². The fourth-order valence-electron chi connectivity index (χ4n) is 0.319. The normalized spacial score (nSPS) is 10.5. The summed E-state index contributed by atoms with van der Waals surface area (Å²) in [4.78, 5) is 0. The van der Waals surface area contributed by atoms with Gasteiger partial charge in [-0.2, -0.15) is 0 Å². The average Bonchev–Trinajstić information content (AvgIpc) is 1.83. The molecular formula is C5H11O3. The van der Waals surface area contributed by atoms with Crippen LogP contribution in [0.25, 0.3) is 0 Å². The molecule has 49 valence electrons. The van der Waals surface area contributed by atoms with Gasteiger partial charge in [0.15, 0.2) is 0 Å². The third kappa shape index (κ3) is 2.96. The van der Waals surface area contributed by atoms with Gasteiger partial charge in [0, 0.05) is 20.8 Å². The van der Waals surface area contributed by atoms with Crippen LogP contribution in [0.2, 0.25) is 0 Å². The van der Waals surface area contributed by atoms with Crippen LogP contribution in [0, 0.1) is 6.48 Å². The monoisotopic (exact) mass is 119 g/mol. The Kier molecular flexibility index (Phi) is 4.95. The van der Waals surface area contributed by atoms with Crippen molar-refractivity contribution in [2.75, 3.05) is 20.8 Å². The van der Waals surface area contributed by atoms with Crippen molar-refractivity contribution in [1.29, 1.82) is 0 Å². The maximum Gasteiger partial charge on any atom is 0.369 e. The molecule has 0 aromatic rings. The predicted molar refractivity (Wildman–Crippen MR) is 28.9 cm³/mol. The minimum atomic E-state index is 0.215. The summed E-state index contributed by atoms with van der Waals surface area (Å²) in [5.74, 6) is 0. The molecule has 0 spiro atoms. The fourth-order valence-corrected chi connectivity index (χ4v) is 0.319. The minimum absolute atomic E-state index is 0.215. The molecule has 0 aliphatic rings. The van der Waals surface area contributed by atoms with Gasteiger partial charge in [-0.05, 0) is 6.92 Å². The number of ether oxygens (including phenoxy) is 3. The van der Waals surface area contributed by atoms with Crippen LogP contribution >= 0.6 is 0 Å². The minimum Gasteiger partial charge on any atom is -0.324 e. The molecular weight excluding hydrogens is 108 g/mol. The first-order valence-corrected chi connectivity index (χ1v) is 2.42. The van der Waals surface area contributed by atoms with Crippen molar-refractivity contribution < 1.29 is 14.2 Å². The average molecular weight is 119 g/mol. The summed E-state index contributed by atoms with van der Waals surface area (Å²) in [6, 6.07) is 0. The highest BCUT2D eigenvalue weighted by molar-refractivity contribution is 4.40. The van der Waals surface area contributed by atoms with Crippen molar-refractivity contribution in [2.24, 2.45) is 0 Å². The van der Waals surface area contributed by atoms with Crippen LogP contribution in [0.5, 0.6) is 0 Å². The van der Waals surface area contributed by atoms with Crippen LogP contribution in [0.15, 0.2) is 0 Å². The van der Waals surface area contributed by atoms with Gasteiger partial charge in [0.2, 0.25) is 0 Å². The number of hydrogen-bond donors (Lipinski definition) is 0. The van der Waals surface area contributed by atoms with Crippen molar-refractivity contribution in [3.63, 3.8) is 0 Å². The van der Waals surface area contributed by atoms with Crippen molar-refractivity contribution in [3.05, 3.63) is 6.48 Å². The van der Waals surface area contributed by atoms with Crippen molar-refractivity contribution in [2.45, 2.75) is 6.92 Å². The van der Waals surface area contributed by atoms with Gasteiger partial charge in [0.05, 0.1) is 0 Å². The van der Waals surface area contributed by atoms with Gasteiger partial charge >= 0.3 is 6.48 Å². The molecule has 0 aromatic carbocycles. The van der Waals surface area contributed by atoms with Gasteiger partial charge in [-0.15, -0.1) is 0 Å². The molecule has 0 saturated carbocycles. The van der Waals surface area contributed by atoms with E-state index in [0.717, 1.165) is 0 Å². The van der Waals surface area contributed by atoms with E-state index in [-0.39, 0.29) is 6.48 Å². The largest absolute Gasteiger partial charge is 0.369 e. The Balaban J connectivity index is 3.07. The molecule has 0 heterocycles. The van der Waals surface area contributed by atoms with E-state index in [9.17, 15) is 0 Å². The maximum atomic E-state index is 4.81. The molecule has 0 atom stereocenters. The van der Waals surface area contributed by atoms with Crippen LogP contribution in [-0.2, 0) is 14.2 Å². The summed E-state index contributed by atoms with van der Waals surface area (Å²) in [6.45, 7) is 2.64. The van der Waals surface area contributed by atoms with Crippen LogP contribution in [-0.4, -0.2) is 20.8 Å². The first-order chi connectivity index (χ1) is 3.85. The molecule has 0 fully saturated rings. The zero-order valence-electron chi connectivity index (χ0n) is 5.43. The van der Waals surface area contributed by atoms with Gasteiger partial charge in [-0.1, -0.05) is 0 Å². The molecule has 0 unspecified atom stereocenters. The lowest BCUT2D eigenvalue weighted by atomic mass is 10.9. The van der Waals surface area contributed by atoms with E-state index in [1.807, 2.05) is 6.92 Å². The predicted octanol–water partition coefficient (Wildman–Crippen LogP) is 0.763. The molecule has 0 aromatic heterocycles. The number of rotatable bonds is 4. The summed E-state index contributed by atoms with van der Waals surface area (Å²) in [7, 11) is 2.99. The maximum absolute atomic E-state index is 4.81. The van der Waals surface area contributed by atoms with Crippen molar-refractivity contribution >= 4 is 0 Å². The molecule has 0 saturated heterocycles. The standard InChI is InChI=1S/C5H11O3/c1-4-8-5(6-2)7-3/h4H2,1-3H3. The lowest BCUT2D eigenvalue weighted by Gasteiger charge is -2.07. The van der Waals surface area contributed by atoms with Crippen LogP contribution in [0.1, 0.15) is 6.92 Å². The Bertz CT molecular complexity index is 42.9. The summed E-state index contributed by atoms with van der Waals surface area (Å²) in [6.07, 6.45) is 0. The second kappa shape index (κ2) is 5.03. The second-order valence-corrected chi connectivity index (χ2v) is 1.09. The Morgan fingerprint density at radius 2 is 1.75 bits per heavy atom. The Morgan fingerprint density at radius 1 is 1.25 bits per heavy atom. The summed E-state index contributed by atoms with van der Waals surface area (Å²) >= 11 is 0. The molecule has 0 bridgehead atoms. The quantitative estimate of drug-likeness (QED) is 0.547. The highest BCUT2D eigenvalue weighted by Gasteiger charge is 2.04. The van der Waals surface area contributed by atoms with Gasteiger partial charge in [-0.25, -0.2) is 0 Å². The van der Waals surface area contributed by atoms with E-state index in [1.165, 1.54) is 14.2 Å². The number of hydrogen-bond acceptors (Lipinski definition) is 3. The first kappa shape index (κ1) is 7.88. The summed E-state index contributed by atoms with van der Waals surface area (Å²) in [5.41, 5.74) is 0. The lowest BCUT2D eigenvalue weighted by molar-refractivity contribution is -0.157. The molecule has 0 N–H and O–H groups in total. The highest BCUT2D eigenvalue weighted by Crippen LogP contribution is 2.00. The molecule has 3 nitrogen and oxygen atoms in total. The van der Waals surface area contributed by atoms with Gasteiger partial charge in [0.25, 0.3) is 0 Å². The van der Waals surface area contributed by atoms with E-state index in [1.54, 1.807) is 0 Å². The zero-order valence-corrected chi connectivity index (χ0v) is 5.43. The Morgan fingerprint density at radius 3 is 1.88 bits per heavy atom. The van der Waals surface area contributed by atoms with E-state index >= 15 is 0 Å². The first-order valence-electron chi connectivity index (χ1n) is 2.42. The molecule has 0 rings (SSSR count).